The van der Waals surface area contributed by atoms with E-state index in [1.165, 1.54) is 6.26 Å². The molecule has 0 atom stereocenters. The molecule has 2 aromatic carbocycles. The number of sulfone groups is 1. The van der Waals surface area contributed by atoms with E-state index in [1.807, 2.05) is 12.1 Å². The lowest BCUT2D eigenvalue weighted by Gasteiger charge is -2.07. The number of hydrogen-bond acceptors (Lipinski definition) is 5. The molecular weight excluding hydrogens is 370 g/mol. The molecule has 27 heavy (non-hydrogen) atoms. The first kappa shape index (κ1) is 20.4. The average molecular weight is 391 g/mol. The van der Waals surface area contributed by atoms with Gasteiger partial charge in [0.25, 0.3) is 5.91 Å². The van der Waals surface area contributed by atoms with Crippen LogP contribution in [0.4, 0.5) is 0 Å². The van der Waals surface area contributed by atoms with E-state index >= 15 is 0 Å². The second kappa shape index (κ2) is 9.18. The number of carboxylic acids is 1. The van der Waals surface area contributed by atoms with Crippen LogP contribution in [0.2, 0.25) is 0 Å². The lowest BCUT2D eigenvalue weighted by atomic mass is 10.1. The number of hydrogen-bond donors (Lipinski definition) is 2. The molecule has 0 aliphatic heterocycles. The summed E-state index contributed by atoms with van der Waals surface area (Å²) in [5, 5.41) is 11.4. The molecule has 1 amide bonds. The Morgan fingerprint density at radius 3 is 2.15 bits per heavy atom. The van der Waals surface area contributed by atoms with Crippen LogP contribution in [0.5, 0.6) is 5.75 Å². The Kier molecular flexibility index (Phi) is 6.95. The standard InChI is InChI=1S/C19H21NO6S/c1-27(24,25)13-15-2-6-16(7-3-15)19(23)20-11-10-14-4-8-17(9-5-14)26-12-18(21)22/h2-9H,10-13H2,1H3,(H,20,23)(H,21,22). The Bertz CT molecular complexity index is 889. The van der Waals surface area contributed by atoms with Gasteiger partial charge in [-0.05, 0) is 41.8 Å². The Morgan fingerprint density at radius 2 is 1.59 bits per heavy atom. The highest BCUT2D eigenvalue weighted by molar-refractivity contribution is 7.89. The molecule has 0 unspecified atom stereocenters. The molecule has 2 aromatic rings. The third-order valence-corrected chi connectivity index (χ3v) is 4.49. The highest BCUT2D eigenvalue weighted by Gasteiger charge is 2.08. The lowest BCUT2D eigenvalue weighted by molar-refractivity contribution is -0.139. The molecule has 0 bridgehead atoms. The Hall–Kier alpha value is -2.87. The number of amides is 1. The summed E-state index contributed by atoms with van der Waals surface area (Å²) >= 11 is 0. The van der Waals surface area contributed by atoms with E-state index in [-0.39, 0.29) is 11.7 Å². The monoisotopic (exact) mass is 391 g/mol. The van der Waals surface area contributed by atoms with Crippen LogP contribution in [0.1, 0.15) is 21.5 Å². The lowest BCUT2D eigenvalue weighted by Crippen LogP contribution is -2.25. The van der Waals surface area contributed by atoms with Crippen LogP contribution in [-0.2, 0) is 26.8 Å². The van der Waals surface area contributed by atoms with Crippen molar-refractivity contribution in [3.8, 4) is 5.75 Å². The fourth-order valence-electron chi connectivity index (χ4n) is 2.37. The molecule has 0 radical (unpaired) electrons. The molecule has 2 rings (SSSR count). The summed E-state index contributed by atoms with van der Waals surface area (Å²) in [5.74, 6) is -0.853. The van der Waals surface area contributed by atoms with Crippen molar-refractivity contribution in [2.24, 2.45) is 0 Å². The predicted octanol–water partition coefficient (Wildman–Crippen LogP) is 1.67. The van der Waals surface area contributed by atoms with Crippen LogP contribution < -0.4 is 10.1 Å². The first-order valence-corrected chi connectivity index (χ1v) is 10.3. The van der Waals surface area contributed by atoms with Gasteiger partial charge in [-0.1, -0.05) is 24.3 Å². The van der Waals surface area contributed by atoms with E-state index in [9.17, 15) is 18.0 Å². The van der Waals surface area contributed by atoms with Gasteiger partial charge >= 0.3 is 5.97 Å². The second-order valence-corrected chi connectivity index (χ2v) is 8.24. The molecule has 7 nitrogen and oxygen atoms in total. The topological polar surface area (TPSA) is 110 Å². The van der Waals surface area contributed by atoms with E-state index in [0.29, 0.717) is 29.8 Å². The van der Waals surface area contributed by atoms with Crippen LogP contribution >= 0.6 is 0 Å². The summed E-state index contributed by atoms with van der Waals surface area (Å²) < 4.78 is 27.6. The van der Waals surface area contributed by atoms with Gasteiger partial charge in [-0.15, -0.1) is 0 Å². The minimum atomic E-state index is -3.10. The van der Waals surface area contributed by atoms with E-state index in [4.69, 9.17) is 9.84 Å². The van der Waals surface area contributed by atoms with Gasteiger partial charge in [-0.2, -0.15) is 0 Å². The molecule has 0 aliphatic carbocycles. The maximum absolute atomic E-state index is 12.1. The molecule has 0 saturated carbocycles. The Balaban J connectivity index is 1.81. The SMILES string of the molecule is CS(=O)(=O)Cc1ccc(C(=O)NCCc2ccc(OCC(=O)O)cc2)cc1. The van der Waals surface area contributed by atoms with Crippen molar-refractivity contribution in [2.45, 2.75) is 12.2 Å². The van der Waals surface area contributed by atoms with E-state index in [2.05, 4.69) is 5.32 Å². The number of benzene rings is 2. The predicted molar refractivity (Wildman–Crippen MR) is 101 cm³/mol. The van der Waals surface area contributed by atoms with E-state index in [0.717, 1.165) is 5.56 Å². The number of carboxylic acid groups (broad SMARTS) is 1. The van der Waals surface area contributed by atoms with Crippen molar-refractivity contribution in [2.75, 3.05) is 19.4 Å². The molecule has 0 heterocycles. The van der Waals surface area contributed by atoms with Crippen LogP contribution in [0.25, 0.3) is 0 Å². The van der Waals surface area contributed by atoms with Crippen molar-refractivity contribution in [3.63, 3.8) is 0 Å². The minimum Gasteiger partial charge on any atom is -0.482 e. The van der Waals surface area contributed by atoms with Crippen molar-refractivity contribution >= 4 is 21.7 Å². The summed E-state index contributed by atoms with van der Waals surface area (Å²) in [7, 11) is -3.10. The van der Waals surface area contributed by atoms with E-state index in [1.54, 1.807) is 36.4 Å². The fourth-order valence-corrected chi connectivity index (χ4v) is 3.17. The Labute approximate surface area is 157 Å². The molecule has 144 valence electrons. The molecule has 0 fully saturated rings. The number of ether oxygens (including phenoxy) is 1. The highest BCUT2D eigenvalue weighted by Crippen LogP contribution is 2.12. The van der Waals surface area contributed by atoms with Gasteiger partial charge in [0.15, 0.2) is 16.4 Å². The third-order valence-electron chi connectivity index (χ3n) is 3.63. The number of carbonyl (C=O) groups is 2. The molecule has 0 spiro atoms. The summed E-state index contributed by atoms with van der Waals surface area (Å²) in [6, 6.07) is 13.4. The minimum absolute atomic E-state index is 0.0545. The van der Waals surface area contributed by atoms with Crippen LogP contribution in [-0.4, -0.2) is 44.8 Å². The number of rotatable bonds is 9. The van der Waals surface area contributed by atoms with Gasteiger partial charge in [-0.25, -0.2) is 13.2 Å². The summed E-state index contributed by atoms with van der Waals surface area (Å²) in [5.41, 5.74) is 2.07. The smallest absolute Gasteiger partial charge is 0.341 e. The zero-order valence-corrected chi connectivity index (χ0v) is 15.7. The van der Waals surface area contributed by atoms with Gasteiger partial charge in [0.05, 0.1) is 5.75 Å². The number of aliphatic carboxylic acids is 1. The van der Waals surface area contributed by atoms with Crippen LogP contribution in [0.3, 0.4) is 0 Å². The summed E-state index contributed by atoms with van der Waals surface area (Å²) in [6.45, 7) is 0.0393. The van der Waals surface area contributed by atoms with Gasteiger partial charge < -0.3 is 15.2 Å². The van der Waals surface area contributed by atoms with Crippen LogP contribution in [0.15, 0.2) is 48.5 Å². The number of carbonyl (C=O) groups excluding carboxylic acids is 1. The van der Waals surface area contributed by atoms with Crippen LogP contribution in [0, 0.1) is 0 Å². The maximum atomic E-state index is 12.1. The third kappa shape index (κ3) is 7.49. The largest absolute Gasteiger partial charge is 0.482 e. The highest BCUT2D eigenvalue weighted by atomic mass is 32.2. The molecule has 0 aromatic heterocycles. The first-order valence-electron chi connectivity index (χ1n) is 8.21. The first-order chi connectivity index (χ1) is 12.7. The second-order valence-electron chi connectivity index (χ2n) is 6.10. The number of nitrogens with one attached hydrogen (secondary N) is 1. The van der Waals surface area contributed by atoms with Gasteiger partial charge in [-0.3, -0.25) is 4.79 Å². The van der Waals surface area contributed by atoms with Crippen molar-refractivity contribution in [1.82, 2.24) is 5.32 Å². The molecule has 0 saturated heterocycles. The quantitative estimate of drug-likeness (QED) is 0.673. The average Bonchev–Trinajstić information content (AvgIpc) is 2.60. The van der Waals surface area contributed by atoms with Gasteiger partial charge in [0.2, 0.25) is 0 Å². The molecular formula is C19H21NO6S. The summed E-state index contributed by atoms with van der Waals surface area (Å²) in [6.07, 6.45) is 1.77. The molecule has 8 heteroatoms. The fraction of sp³-hybridized carbons (Fsp3) is 0.263. The van der Waals surface area contributed by atoms with E-state index < -0.39 is 22.4 Å². The molecule has 0 aliphatic rings. The normalized spacial score (nSPS) is 11.0. The zero-order chi connectivity index (χ0) is 19.9. The zero-order valence-electron chi connectivity index (χ0n) is 14.8. The summed E-state index contributed by atoms with van der Waals surface area (Å²) in [4.78, 5) is 22.6. The Morgan fingerprint density at radius 1 is 1.00 bits per heavy atom. The maximum Gasteiger partial charge on any atom is 0.341 e. The van der Waals surface area contributed by atoms with Crippen molar-refractivity contribution < 1.29 is 27.9 Å². The van der Waals surface area contributed by atoms with Gasteiger partial charge in [0, 0.05) is 18.4 Å². The molecule has 2 N–H and O–H groups in total. The van der Waals surface area contributed by atoms with Gasteiger partial charge in [0.1, 0.15) is 5.75 Å². The van der Waals surface area contributed by atoms with Crippen molar-refractivity contribution in [3.05, 3.63) is 65.2 Å². The van der Waals surface area contributed by atoms with Crippen molar-refractivity contribution in [1.29, 1.82) is 0 Å².